The van der Waals surface area contributed by atoms with Gasteiger partial charge in [0.1, 0.15) is 25.0 Å². The Labute approximate surface area is 240 Å². The number of esters is 1. The summed E-state index contributed by atoms with van der Waals surface area (Å²) in [6.45, 7) is 3.53. The van der Waals surface area contributed by atoms with Gasteiger partial charge in [-0.1, -0.05) is 60.7 Å². The first-order chi connectivity index (χ1) is 19.1. The van der Waals surface area contributed by atoms with Crippen LogP contribution in [0, 0.1) is 17.2 Å². The maximum absolute atomic E-state index is 13.6. The lowest BCUT2D eigenvalue weighted by molar-refractivity contribution is -0.958. The van der Waals surface area contributed by atoms with Crippen LogP contribution in [0.2, 0.25) is 0 Å². The predicted octanol–water partition coefficient (Wildman–Crippen LogP) is 2.72. The molecule has 3 aliphatic rings. The van der Waals surface area contributed by atoms with E-state index in [2.05, 4.69) is 11.4 Å². The monoisotopic (exact) mass is 554 g/mol. The Hall–Kier alpha value is -4.12. The quantitative estimate of drug-likeness (QED) is 0.266. The van der Waals surface area contributed by atoms with Crippen molar-refractivity contribution in [3.05, 3.63) is 108 Å². The van der Waals surface area contributed by atoms with E-state index in [-0.39, 0.29) is 24.5 Å². The largest absolute Gasteiger partial charge is 1.00 e. The molecule has 3 aliphatic heterocycles. The highest BCUT2D eigenvalue weighted by molar-refractivity contribution is 5.81. The zero-order valence-electron chi connectivity index (χ0n) is 22.1. The molecule has 2 bridgehead atoms. The molecule has 40 heavy (non-hydrogen) atoms. The standard InChI is InChI=1S/C32H31N4O3.ClH/c33-19-25-11-7-8-14-28(25)31-35-27(22-38-31)20-36-17-15-23(16-18-36)29(21-36)39-32(37)30(24-9-3-1-4-10-24)34-26-12-5-2-6-13-26;/h1-14,22-23,29-30,34H,15-18,20-21H2;1H/q+1;/p-1/t23?,29-,30+,36?;/m0./s1. The van der Waals surface area contributed by atoms with Crippen LogP contribution in [0.5, 0.6) is 0 Å². The van der Waals surface area contributed by atoms with Gasteiger partial charge in [0.15, 0.2) is 12.1 Å². The molecule has 0 unspecified atom stereocenters. The summed E-state index contributed by atoms with van der Waals surface area (Å²) >= 11 is 0. The van der Waals surface area contributed by atoms with Crippen LogP contribution in [-0.2, 0) is 16.1 Å². The predicted molar refractivity (Wildman–Crippen MR) is 147 cm³/mol. The Morgan fingerprint density at radius 2 is 1.70 bits per heavy atom. The van der Waals surface area contributed by atoms with Crippen LogP contribution in [0.4, 0.5) is 5.69 Å². The van der Waals surface area contributed by atoms with E-state index in [1.807, 2.05) is 78.9 Å². The fraction of sp³-hybridized carbons (Fsp3) is 0.281. The van der Waals surface area contributed by atoms with Crippen molar-refractivity contribution in [1.82, 2.24) is 4.98 Å². The van der Waals surface area contributed by atoms with E-state index in [0.29, 0.717) is 29.5 Å². The smallest absolute Gasteiger partial charge is 0.333 e. The SMILES string of the molecule is N#Cc1ccccc1-c1nc(C[N+]23CCC(CC2)[C@@H](OC(=O)[C@H](Nc2ccccc2)c2ccccc2)C3)co1.[Cl-]. The fourth-order valence-corrected chi connectivity index (χ4v) is 6.03. The normalized spacial score (nSPS) is 22.0. The molecule has 3 saturated heterocycles. The minimum atomic E-state index is -0.587. The molecular weight excluding hydrogens is 524 g/mol. The lowest BCUT2D eigenvalue weighted by Gasteiger charge is -2.51. The molecule has 2 atom stereocenters. The van der Waals surface area contributed by atoms with Crippen molar-refractivity contribution in [2.75, 3.05) is 25.0 Å². The number of fused-ring (bicyclic) bond motifs is 3. The number of piperidine rings is 3. The van der Waals surface area contributed by atoms with Crippen molar-refractivity contribution in [3.63, 3.8) is 0 Å². The number of nitrogens with zero attached hydrogens (tertiary/aromatic N) is 3. The van der Waals surface area contributed by atoms with Gasteiger partial charge in [-0.2, -0.15) is 5.26 Å². The molecular formula is C32H31ClN4O3. The van der Waals surface area contributed by atoms with Crippen molar-refractivity contribution in [1.29, 1.82) is 5.26 Å². The van der Waals surface area contributed by atoms with Gasteiger partial charge in [-0.15, -0.1) is 0 Å². The number of hydrogen-bond donors (Lipinski definition) is 1. The molecule has 0 spiro atoms. The number of para-hydroxylation sites is 1. The number of nitriles is 1. The number of aromatic nitrogens is 1. The molecule has 3 fully saturated rings. The van der Waals surface area contributed by atoms with Gasteiger partial charge in [-0.3, -0.25) is 0 Å². The molecule has 3 aromatic carbocycles. The maximum atomic E-state index is 13.6. The number of oxazole rings is 1. The van der Waals surface area contributed by atoms with Crippen molar-refractivity contribution < 1.29 is 30.8 Å². The molecule has 204 valence electrons. The first-order valence-corrected chi connectivity index (χ1v) is 13.5. The van der Waals surface area contributed by atoms with Crippen LogP contribution in [0.1, 0.15) is 35.7 Å². The fourth-order valence-electron chi connectivity index (χ4n) is 6.03. The van der Waals surface area contributed by atoms with Crippen molar-refractivity contribution >= 4 is 11.7 Å². The van der Waals surface area contributed by atoms with Crippen LogP contribution in [0.15, 0.2) is 95.6 Å². The minimum Gasteiger partial charge on any atom is -1.00 e. The van der Waals surface area contributed by atoms with Crippen molar-refractivity contribution in [3.8, 4) is 17.5 Å². The summed E-state index contributed by atoms with van der Waals surface area (Å²) in [6, 6.07) is 28.5. The van der Waals surface area contributed by atoms with Crippen LogP contribution in [0.25, 0.3) is 11.5 Å². The lowest BCUT2D eigenvalue weighted by Crippen LogP contribution is -3.00. The molecule has 0 radical (unpaired) electrons. The van der Waals surface area contributed by atoms with Crippen LogP contribution < -0.4 is 17.7 Å². The Morgan fingerprint density at radius 3 is 2.42 bits per heavy atom. The highest BCUT2D eigenvalue weighted by atomic mass is 35.5. The molecule has 4 heterocycles. The van der Waals surface area contributed by atoms with Gasteiger partial charge >= 0.3 is 5.97 Å². The summed E-state index contributed by atoms with van der Waals surface area (Å²) in [6.07, 6.45) is 3.59. The number of halogens is 1. The number of carbonyl (C=O) groups excluding carboxylic acids is 1. The minimum absolute atomic E-state index is 0. The third-order valence-electron chi connectivity index (χ3n) is 8.09. The second-order valence-electron chi connectivity index (χ2n) is 10.6. The second kappa shape index (κ2) is 12.0. The Balaban J connectivity index is 0.00000323. The van der Waals surface area contributed by atoms with Crippen molar-refractivity contribution in [2.45, 2.75) is 31.5 Å². The van der Waals surface area contributed by atoms with Crippen LogP contribution in [-0.4, -0.2) is 41.2 Å². The number of carbonyl (C=O) groups is 1. The summed E-state index contributed by atoms with van der Waals surface area (Å²) in [5.41, 5.74) is 3.86. The summed E-state index contributed by atoms with van der Waals surface area (Å²) in [5.74, 6) is 0.587. The summed E-state index contributed by atoms with van der Waals surface area (Å²) in [4.78, 5) is 18.4. The van der Waals surface area contributed by atoms with Crippen molar-refractivity contribution in [2.24, 2.45) is 5.92 Å². The van der Waals surface area contributed by atoms with Gasteiger partial charge in [-0.05, 0) is 29.8 Å². The third-order valence-corrected chi connectivity index (χ3v) is 8.09. The topological polar surface area (TPSA) is 88.1 Å². The van der Waals surface area contributed by atoms with Gasteiger partial charge in [0.25, 0.3) is 0 Å². The number of nitrogens with one attached hydrogen (secondary N) is 1. The summed E-state index contributed by atoms with van der Waals surface area (Å²) < 4.78 is 12.9. The van der Waals surface area contributed by atoms with E-state index in [9.17, 15) is 10.1 Å². The molecule has 0 saturated carbocycles. The van der Waals surface area contributed by atoms with Gasteiger partial charge in [0.2, 0.25) is 5.89 Å². The van der Waals surface area contributed by atoms with Gasteiger partial charge < -0.3 is 31.4 Å². The summed E-state index contributed by atoms with van der Waals surface area (Å²) in [5, 5.41) is 12.8. The zero-order chi connectivity index (χ0) is 26.7. The molecule has 4 aromatic rings. The van der Waals surface area contributed by atoms with E-state index in [1.165, 1.54) is 0 Å². The Morgan fingerprint density at radius 1 is 1.02 bits per heavy atom. The number of hydrogen-bond acceptors (Lipinski definition) is 6. The lowest BCUT2D eigenvalue weighted by atomic mass is 9.83. The first-order valence-electron chi connectivity index (χ1n) is 13.5. The van der Waals surface area contributed by atoms with E-state index in [4.69, 9.17) is 14.1 Å². The van der Waals surface area contributed by atoms with Crippen LogP contribution in [0.3, 0.4) is 0 Å². The highest BCUT2D eigenvalue weighted by Crippen LogP contribution is 2.38. The van der Waals surface area contributed by atoms with E-state index in [0.717, 1.165) is 53.9 Å². The molecule has 0 aliphatic carbocycles. The number of benzene rings is 3. The average molecular weight is 555 g/mol. The summed E-state index contributed by atoms with van der Waals surface area (Å²) in [7, 11) is 0. The number of rotatable bonds is 8. The van der Waals surface area contributed by atoms with Gasteiger partial charge in [0.05, 0.1) is 30.3 Å². The molecule has 0 amide bonds. The molecule has 7 rings (SSSR count). The molecule has 8 heteroatoms. The number of ether oxygens (including phenoxy) is 1. The molecule has 1 aromatic heterocycles. The van der Waals surface area contributed by atoms with E-state index < -0.39 is 6.04 Å². The van der Waals surface area contributed by atoms with Gasteiger partial charge in [0, 0.05) is 24.4 Å². The zero-order valence-corrected chi connectivity index (χ0v) is 22.8. The van der Waals surface area contributed by atoms with E-state index in [1.54, 1.807) is 12.3 Å². The first kappa shape index (κ1) is 27.4. The molecule has 7 nitrogen and oxygen atoms in total. The van der Waals surface area contributed by atoms with Crippen LogP contribution >= 0.6 is 0 Å². The number of quaternary nitrogens is 1. The third kappa shape index (κ3) is 5.74. The Kier molecular flexibility index (Phi) is 8.20. The Bertz CT molecular complexity index is 1480. The second-order valence-corrected chi connectivity index (χ2v) is 10.6. The highest BCUT2D eigenvalue weighted by Gasteiger charge is 2.48. The molecule has 1 N–H and O–H groups in total. The maximum Gasteiger partial charge on any atom is 0.333 e. The number of anilines is 1. The van der Waals surface area contributed by atoms with E-state index >= 15 is 0 Å². The van der Waals surface area contributed by atoms with Gasteiger partial charge in [-0.25, -0.2) is 9.78 Å². The average Bonchev–Trinajstić information content (AvgIpc) is 3.45.